The zero-order valence-corrected chi connectivity index (χ0v) is 19.5. The van der Waals surface area contributed by atoms with E-state index >= 15 is 0 Å². The van der Waals surface area contributed by atoms with Crippen molar-refractivity contribution in [1.29, 1.82) is 0 Å². The predicted molar refractivity (Wildman–Crippen MR) is 128 cm³/mol. The SMILES string of the molecule is COc1ccc(NC(=O)CSc2nnc(-c3cccs3)n2-c2ccc(C)cc2)cc1OC. The number of benzene rings is 2. The fourth-order valence-electron chi connectivity index (χ4n) is 3.10. The number of amides is 1. The number of hydrogen-bond acceptors (Lipinski definition) is 7. The second-order valence-corrected chi connectivity index (χ2v) is 8.75. The van der Waals surface area contributed by atoms with Crippen LogP contribution in [0.15, 0.2) is 65.1 Å². The van der Waals surface area contributed by atoms with Gasteiger partial charge in [-0.05, 0) is 42.6 Å². The number of ether oxygens (including phenoxy) is 2. The number of aromatic nitrogens is 3. The summed E-state index contributed by atoms with van der Waals surface area (Å²) in [4.78, 5) is 13.6. The number of nitrogens with zero attached hydrogens (tertiary/aromatic N) is 3. The van der Waals surface area contributed by atoms with E-state index in [0.29, 0.717) is 22.3 Å². The summed E-state index contributed by atoms with van der Waals surface area (Å²) in [5.41, 5.74) is 2.75. The van der Waals surface area contributed by atoms with Crippen LogP contribution in [-0.2, 0) is 4.79 Å². The highest BCUT2D eigenvalue weighted by atomic mass is 32.2. The molecule has 0 bridgehead atoms. The Balaban J connectivity index is 1.53. The molecule has 0 aliphatic rings. The van der Waals surface area contributed by atoms with Gasteiger partial charge in [0.1, 0.15) is 0 Å². The highest BCUT2D eigenvalue weighted by molar-refractivity contribution is 7.99. The molecule has 0 saturated carbocycles. The molecule has 0 saturated heterocycles. The monoisotopic (exact) mass is 466 g/mol. The second kappa shape index (κ2) is 9.88. The lowest BCUT2D eigenvalue weighted by atomic mass is 10.2. The Bertz CT molecular complexity index is 1200. The normalized spacial score (nSPS) is 10.7. The Morgan fingerprint density at radius 3 is 2.53 bits per heavy atom. The van der Waals surface area contributed by atoms with Gasteiger partial charge in [0.25, 0.3) is 0 Å². The van der Waals surface area contributed by atoms with Gasteiger partial charge in [-0.3, -0.25) is 9.36 Å². The minimum Gasteiger partial charge on any atom is -0.493 e. The van der Waals surface area contributed by atoms with E-state index < -0.39 is 0 Å². The Morgan fingerprint density at radius 2 is 1.84 bits per heavy atom. The summed E-state index contributed by atoms with van der Waals surface area (Å²) in [7, 11) is 3.13. The molecule has 0 aliphatic heterocycles. The molecule has 7 nitrogen and oxygen atoms in total. The molecule has 1 N–H and O–H groups in total. The van der Waals surface area contributed by atoms with Crippen LogP contribution in [0.2, 0.25) is 0 Å². The zero-order valence-electron chi connectivity index (χ0n) is 17.9. The molecule has 1 amide bonds. The average molecular weight is 467 g/mol. The van der Waals surface area contributed by atoms with Crippen LogP contribution < -0.4 is 14.8 Å². The van der Waals surface area contributed by atoms with Gasteiger partial charge in [0.05, 0.1) is 24.8 Å². The molecule has 0 fully saturated rings. The highest BCUT2D eigenvalue weighted by Gasteiger charge is 2.18. The first-order valence-corrected chi connectivity index (χ1v) is 11.7. The van der Waals surface area contributed by atoms with Crippen molar-refractivity contribution in [3.63, 3.8) is 0 Å². The summed E-state index contributed by atoms with van der Waals surface area (Å²) in [6, 6.07) is 17.4. The largest absolute Gasteiger partial charge is 0.493 e. The number of thioether (sulfide) groups is 1. The van der Waals surface area contributed by atoms with Gasteiger partial charge in [-0.25, -0.2) is 0 Å². The summed E-state index contributed by atoms with van der Waals surface area (Å²) in [5, 5.41) is 14.3. The molecule has 4 rings (SSSR count). The van der Waals surface area contributed by atoms with E-state index in [1.807, 2.05) is 53.3 Å². The second-order valence-electron chi connectivity index (χ2n) is 6.86. The van der Waals surface area contributed by atoms with Gasteiger partial charge in [0, 0.05) is 17.4 Å². The van der Waals surface area contributed by atoms with Gasteiger partial charge in [-0.15, -0.1) is 21.5 Å². The van der Waals surface area contributed by atoms with Crippen molar-refractivity contribution >= 4 is 34.7 Å². The van der Waals surface area contributed by atoms with Gasteiger partial charge >= 0.3 is 0 Å². The van der Waals surface area contributed by atoms with Gasteiger partial charge in [0.15, 0.2) is 22.5 Å². The van der Waals surface area contributed by atoms with E-state index in [1.165, 1.54) is 17.3 Å². The lowest BCUT2D eigenvalue weighted by Crippen LogP contribution is -2.14. The maximum absolute atomic E-state index is 12.6. The van der Waals surface area contributed by atoms with Crippen molar-refractivity contribution in [1.82, 2.24) is 14.8 Å². The van der Waals surface area contributed by atoms with Crippen molar-refractivity contribution in [2.75, 3.05) is 25.3 Å². The van der Waals surface area contributed by atoms with Crippen LogP contribution in [-0.4, -0.2) is 40.6 Å². The maximum Gasteiger partial charge on any atom is 0.234 e. The van der Waals surface area contributed by atoms with E-state index in [4.69, 9.17) is 9.47 Å². The Kier molecular flexibility index (Phi) is 6.77. The Morgan fingerprint density at radius 1 is 1.06 bits per heavy atom. The standard InChI is InChI=1S/C23H22N4O3S2/c1-15-6-9-17(10-7-15)27-22(20-5-4-12-31-20)25-26-23(27)32-14-21(28)24-16-8-11-18(29-2)19(13-16)30-3/h4-13H,14H2,1-3H3,(H,24,28). The van der Waals surface area contributed by atoms with E-state index in [1.54, 1.807) is 43.8 Å². The molecule has 9 heteroatoms. The fourth-order valence-corrected chi connectivity index (χ4v) is 4.55. The van der Waals surface area contributed by atoms with E-state index in [0.717, 1.165) is 16.4 Å². The van der Waals surface area contributed by atoms with Crippen molar-refractivity contribution in [2.24, 2.45) is 0 Å². The first kappa shape index (κ1) is 21.9. The molecule has 0 spiro atoms. The van der Waals surface area contributed by atoms with Gasteiger partial charge in [0.2, 0.25) is 5.91 Å². The molecule has 32 heavy (non-hydrogen) atoms. The summed E-state index contributed by atoms with van der Waals surface area (Å²) >= 11 is 2.94. The van der Waals surface area contributed by atoms with Crippen LogP contribution in [0.25, 0.3) is 16.4 Å². The van der Waals surface area contributed by atoms with E-state index in [-0.39, 0.29) is 11.7 Å². The number of carbonyl (C=O) groups excluding carboxylic acids is 1. The van der Waals surface area contributed by atoms with Crippen LogP contribution in [0, 0.1) is 6.92 Å². The maximum atomic E-state index is 12.6. The van der Waals surface area contributed by atoms with Gasteiger partial charge in [-0.2, -0.15) is 0 Å². The molecule has 0 radical (unpaired) electrons. The Labute approximate surface area is 194 Å². The van der Waals surface area contributed by atoms with E-state index in [9.17, 15) is 4.79 Å². The van der Waals surface area contributed by atoms with Crippen LogP contribution in [0.4, 0.5) is 5.69 Å². The van der Waals surface area contributed by atoms with Crippen LogP contribution in [0.1, 0.15) is 5.56 Å². The molecular weight excluding hydrogens is 444 g/mol. The average Bonchev–Trinajstić information content (AvgIpc) is 3.48. The van der Waals surface area contributed by atoms with Crippen LogP contribution >= 0.6 is 23.1 Å². The number of anilines is 1. The number of rotatable bonds is 8. The topological polar surface area (TPSA) is 78.3 Å². The molecule has 0 aliphatic carbocycles. The lowest BCUT2D eigenvalue weighted by Gasteiger charge is -2.11. The summed E-state index contributed by atoms with van der Waals surface area (Å²) in [6.45, 7) is 2.05. The lowest BCUT2D eigenvalue weighted by molar-refractivity contribution is -0.113. The highest BCUT2D eigenvalue weighted by Crippen LogP contribution is 2.32. The van der Waals surface area contributed by atoms with Crippen molar-refractivity contribution in [3.8, 4) is 27.9 Å². The van der Waals surface area contributed by atoms with Crippen molar-refractivity contribution < 1.29 is 14.3 Å². The third-order valence-electron chi connectivity index (χ3n) is 4.67. The number of hydrogen-bond donors (Lipinski definition) is 1. The quantitative estimate of drug-likeness (QED) is 0.366. The molecule has 0 atom stereocenters. The van der Waals surface area contributed by atoms with E-state index in [2.05, 4.69) is 15.5 Å². The molecule has 0 unspecified atom stereocenters. The summed E-state index contributed by atoms with van der Waals surface area (Å²) in [5.74, 6) is 1.94. The van der Waals surface area contributed by atoms with Gasteiger partial charge < -0.3 is 14.8 Å². The smallest absolute Gasteiger partial charge is 0.234 e. The van der Waals surface area contributed by atoms with Gasteiger partial charge in [-0.1, -0.05) is 35.5 Å². The van der Waals surface area contributed by atoms with Crippen LogP contribution in [0.3, 0.4) is 0 Å². The summed E-state index contributed by atoms with van der Waals surface area (Å²) < 4.78 is 12.5. The molecule has 164 valence electrons. The zero-order chi connectivity index (χ0) is 22.5. The minimum atomic E-state index is -0.154. The first-order chi connectivity index (χ1) is 15.6. The Hall–Kier alpha value is -3.30. The first-order valence-electron chi connectivity index (χ1n) is 9.80. The van der Waals surface area contributed by atoms with Crippen LogP contribution in [0.5, 0.6) is 11.5 Å². The molecule has 4 aromatic rings. The molecule has 2 aromatic carbocycles. The fraction of sp³-hybridized carbons (Fsp3) is 0.174. The molecule has 2 aromatic heterocycles. The minimum absolute atomic E-state index is 0.154. The number of nitrogens with one attached hydrogen (secondary N) is 1. The van der Waals surface area contributed by atoms with Crippen molar-refractivity contribution in [2.45, 2.75) is 12.1 Å². The number of methoxy groups -OCH3 is 2. The summed E-state index contributed by atoms with van der Waals surface area (Å²) in [6.07, 6.45) is 0. The third kappa shape index (κ3) is 4.79. The molecule has 2 heterocycles. The third-order valence-corrected chi connectivity index (χ3v) is 6.46. The number of aryl methyl sites for hydroxylation is 1. The predicted octanol–water partition coefficient (Wildman–Crippen LogP) is 5.05. The number of carbonyl (C=O) groups is 1. The molecular formula is C23H22N4O3S2. The van der Waals surface area contributed by atoms with Crippen molar-refractivity contribution in [3.05, 3.63) is 65.5 Å². The number of thiophene rings is 1.